The summed E-state index contributed by atoms with van der Waals surface area (Å²) >= 11 is 0. The van der Waals surface area contributed by atoms with E-state index in [1.165, 1.54) is 12.8 Å². The summed E-state index contributed by atoms with van der Waals surface area (Å²) in [7, 11) is 0. The fourth-order valence-electron chi connectivity index (χ4n) is 1.64. The first-order valence-electron chi connectivity index (χ1n) is 6.37. The van der Waals surface area contributed by atoms with Gasteiger partial charge in [-0.05, 0) is 45.8 Å². The third-order valence-electron chi connectivity index (χ3n) is 2.44. The molecule has 0 aromatic carbocycles. The summed E-state index contributed by atoms with van der Waals surface area (Å²) in [6, 6.07) is -0.401. The molecule has 104 valence electrons. The Bertz CT molecular complexity index is 183. The van der Waals surface area contributed by atoms with Crippen LogP contribution in [-0.2, 0) is 4.79 Å². The lowest BCUT2D eigenvalue weighted by Crippen LogP contribution is -2.39. The molecule has 5 heteroatoms. The van der Waals surface area contributed by atoms with Gasteiger partial charge in [-0.1, -0.05) is 13.8 Å². The topological polar surface area (TPSA) is 58.4 Å². The summed E-state index contributed by atoms with van der Waals surface area (Å²) in [5, 5.41) is 2.83. The Labute approximate surface area is 112 Å². The molecular weight excluding hydrogens is 238 g/mol. The molecule has 0 heterocycles. The van der Waals surface area contributed by atoms with Gasteiger partial charge < -0.3 is 16.0 Å². The molecule has 1 amide bonds. The van der Waals surface area contributed by atoms with E-state index in [1.54, 1.807) is 6.92 Å². The zero-order valence-corrected chi connectivity index (χ0v) is 12.2. The number of nitrogens with one attached hydrogen (secondary N) is 1. The highest BCUT2D eigenvalue weighted by Gasteiger charge is 2.06. The van der Waals surface area contributed by atoms with E-state index < -0.39 is 6.04 Å². The van der Waals surface area contributed by atoms with Crippen molar-refractivity contribution in [2.75, 3.05) is 26.2 Å². The van der Waals surface area contributed by atoms with Crippen molar-refractivity contribution in [1.82, 2.24) is 10.2 Å². The van der Waals surface area contributed by atoms with Crippen LogP contribution in [0.3, 0.4) is 0 Å². The highest BCUT2D eigenvalue weighted by atomic mass is 35.5. The van der Waals surface area contributed by atoms with Gasteiger partial charge >= 0.3 is 0 Å². The Hall–Kier alpha value is -0.320. The molecule has 0 rings (SSSR count). The van der Waals surface area contributed by atoms with Crippen LogP contribution in [0, 0.1) is 0 Å². The van der Waals surface area contributed by atoms with Crippen molar-refractivity contribution in [2.45, 2.75) is 46.1 Å². The van der Waals surface area contributed by atoms with Crippen molar-refractivity contribution in [1.29, 1.82) is 0 Å². The van der Waals surface area contributed by atoms with Gasteiger partial charge in [0, 0.05) is 6.54 Å². The number of halogens is 1. The van der Waals surface area contributed by atoms with Crippen LogP contribution in [0.5, 0.6) is 0 Å². The lowest BCUT2D eigenvalue weighted by molar-refractivity contribution is -0.121. The van der Waals surface area contributed by atoms with Crippen LogP contribution >= 0.6 is 12.4 Å². The van der Waals surface area contributed by atoms with Crippen molar-refractivity contribution in [3.8, 4) is 0 Å². The standard InChI is InChI=1S/C12H27N3O.ClH/c1-4-8-15(9-5-2)10-6-7-14-12(16)11(3)13;/h11H,4-10,13H2,1-3H3,(H,14,16);1H. The van der Waals surface area contributed by atoms with Gasteiger partial charge in [-0.15, -0.1) is 12.4 Å². The Morgan fingerprint density at radius 1 is 1.24 bits per heavy atom. The minimum absolute atomic E-state index is 0. The number of nitrogens with zero attached hydrogens (tertiary/aromatic N) is 1. The number of carbonyl (C=O) groups is 1. The van der Waals surface area contributed by atoms with E-state index in [9.17, 15) is 4.79 Å². The van der Waals surface area contributed by atoms with Gasteiger partial charge in [-0.25, -0.2) is 0 Å². The first-order valence-corrected chi connectivity index (χ1v) is 6.37. The number of hydrogen-bond donors (Lipinski definition) is 2. The molecule has 0 radical (unpaired) electrons. The molecule has 4 nitrogen and oxygen atoms in total. The number of nitrogens with two attached hydrogens (primary N) is 1. The second-order valence-corrected chi connectivity index (χ2v) is 4.27. The number of amides is 1. The van der Waals surface area contributed by atoms with Gasteiger partial charge in [-0.3, -0.25) is 4.79 Å². The number of hydrogen-bond acceptors (Lipinski definition) is 3. The van der Waals surface area contributed by atoms with Crippen molar-refractivity contribution >= 4 is 18.3 Å². The lowest BCUT2D eigenvalue weighted by atomic mass is 10.3. The molecule has 1 unspecified atom stereocenters. The van der Waals surface area contributed by atoms with E-state index in [0.29, 0.717) is 0 Å². The minimum Gasteiger partial charge on any atom is -0.355 e. The van der Waals surface area contributed by atoms with Crippen LogP contribution in [0.1, 0.15) is 40.0 Å². The summed E-state index contributed by atoms with van der Waals surface area (Å²) in [5.74, 6) is -0.0578. The van der Waals surface area contributed by atoms with Gasteiger partial charge in [0.2, 0.25) is 5.91 Å². The van der Waals surface area contributed by atoms with Crippen LogP contribution < -0.4 is 11.1 Å². The number of rotatable bonds is 9. The Morgan fingerprint density at radius 2 is 1.76 bits per heavy atom. The molecule has 1 atom stereocenters. The second-order valence-electron chi connectivity index (χ2n) is 4.27. The van der Waals surface area contributed by atoms with Crippen LogP contribution in [-0.4, -0.2) is 43.0 Å². The van der Waals surface area contributed by atoms with Crippen molar-refractivity contribution in [2.24, 2.45) is 5.73 Å². The van der Waals surface area contributed by atoms with Crippen molar-refractivity contribution in [3.63, 3.8) is 0 Å². The average Bonchev–Trinajstić information content (AvgIpc) is 2.24. The van der Waals surface area contributed by atoms with Gasteiger partial charge in [0.1, 0.15) is 0 Å². The fourth-order valence-corrected chi connectivity index (χ4v) is 1.64. The van der Waals surface area contributed by atoms with Crippen LogP contribution in [0.4, 0.5) is 0 Å². The maximum absolute atomic E-state index is 11.2. The monoisotopic (exact) mass is 265 g/mol. The molecule has 0 aromatic heterocycles. The van der Waals surface area contributed by atoms with Crippen molar-refractivity contribution in [3.05, 3.63) is 0 Å². The summed E-state index contributed by atoms with van der Waals surface area (Å²) in [5.41, 5.74) is 5.45. The van der Waals surface area contributed by atoms with Crippen molar-refractivity contribution < 1.29 is 4.79 Å². The Morgan fingerprint density at radius 3 is 2.18 bits per heavy atom. The predicted molar refractivity (Wildman–Crippen MR) is 75.5 cm³/mol. The first-order chi connectivity index (χ1) is 7.61. The zero-order chi connectivity index (χ0) is 12.4. The molecule has 0 aromatic rings. The van der Waals surface area contributed by atoms with E-state index in [2.05, 4.69) is 24.1 Å². The molecule has 0 saturated carbocycles. The van der Waals surface area contributed by atoms with E-state index in [0.717, 1.165) is 32.6 Å². The third-order valence-corrected chi connectivity index (χ3v) is 2.44. The van der Waals surface area contributed by atoms with E-state index in [-0.39, 0.29) is 18.3 Å². The smallest absolute Gasteiger partial charge is 0.236 e. The fraction of sp³-hybridized carbons (Fsp3) is 0.917. The maximum atomic E-state index is 11.2. The normalized spacial score (nSPS) is 12.1. The van der Waals surface area contributed by atoms with Crippen LogP contribution in [0.2, 0.25) is 0 Å². The van der Waals surface area contributed by atoms with Gasteiger partial charge in [0.15, 0.2) is 0 Å². The summed E-state index contributed by atoms with van der Waals surface area (Å²) in [4.78, 5) is 13.6. The van der Waals surface area contributed by atoms with Gasteiger partial charge in [0.25, 0.3) is 0 Å². The van der Waals surface area contributed by atoms with Gasteiger partial charge in [-0.2, -0.15) is 0 Å². The minimum atomic E-state index is -0.401. The molecule has 0 aliphatic rings. The van der Waals surface area contributed by atoms with Crippen LogP contribution in [0.25, 0.3) is 0 Å². The Balaban J connectivity index is 0. The van der Waals surface area contributed by atoms with E-state index in [4.69, 9.17) is 5.73 Å². The maximum Gasteiger partial charge on any atom is 0.236 e. The number of carbonyl (C=O) groups excluding carboxylic acids is 1. The zero-order valence-electron chi connectivity index (χ0n) is 11.4. The second kappa shape index (κ2) is 12.1. The highest BCUT2D eigenvalue weighted by molar-refractivity contribution is 5.85. The van der Waals surface area contributed by atoms with Crippen LogP contribution in [0.15, 0.2) is 0 Å². The quantitative estimate of drug-likeness (QED) is 0.620. The molecule has 0 spiro atoms. The summed E-state index contributed by atoms with van der Waals surface area (Å²) < 4.78 is 0. The molecule has 3 N–H and O–H groups in total. The van der Waals surface area contributed by atoms with E-state index in [1.807, 2.05) is 0 Å². The molecular formula is C12H28ClN3O. The SMILES string of the molecule is CCCN(CCC)CCCNC(=O)C(C)N.Cl. The summed E-state index contributed by atoms with van der Waals surface area (Å²) in [6.45, 7) is 10.2. The first kappa shape index (κ1) is 19.0. The molecule has 0 bridgehead atoms. The highest BCUT2D eigenvalue weighted by Crippen LogP contribution is 1.95. The molecule has 0 fully saturated rings. The third kappa shape index (κ3) is 10.5. The molecule has 17 heavy (non-hydrogen) atoms. The largest absolute Gasteiger partial charge is 0.355 e. The predicted octanol–water partition coefficient (Wildman–Crippen LogP) is 1.38. The molecule has 0 saturated heterocycles. The molecule has 0 aliphatic heterocycles. The molecule has 0 aliphatic carbocycles. The summed E-state index contributed by atoms with van der Waals surface area (Å²) in [6.07, 6.45) is 3.37. The van der Waals surface area contributed by atoms with Gasteiger partial charge in [0.05, 0.1) is 6.04 Å². The lowest BCUT2D eigenvalue weighted by Gasteiger charge is -2.20. The van der Waals surface area contributed by atoms with E-state index >= 15 is 0 Å². The Kier molecular flexibility index (Phi) is 13.6. The average molecular weight is 266 g/mol.